The van der Waals surface area contributed by atoms with Gasteiger partial charge in [-0.15, -0.1) is 0 Å². The van der Waals surface area contributed by atoms with E-state index in [1.54, 1.807) is 30.5 Å². The number of carbonyl (C=O) groups is 2. The summed E-state index contributed by atoms with van der Waals surface area (Å²) in [7, 11) is 1.38. The summed E-state index contributed by atoms with van der Waals surface area (Å²) in [5.41, 5.74) is 4.57. The minimum absolute atomic E-state index is 0.0131. The molecule has 0 aliphatic heterocycles. The Bertz CT molecular complexity index is 1480. The second-order valence-corrected chi connectivity index (χ2v) is 11.0. The molecule has 1 aliphatic rings. The summed E-state index contributed by atoms with van der Waals surface area (Å²) in [6, 6.07) is 21.7. The van der Waals surface area contributed by atoms with Crippen LogP contribution >= 0.6 is 11.6 Å². The minimum atomic E-state index is -0.283. The van der Waals surface area contributed by atoms with E-state index in [-0.39, 0.29) is 36.0 Å². The lowest BCUT2D eigenvalue weighted by atomic mass is 9.71. The molecule has 3 aromatic carbocycles. The number of methoxy groups -OCH3 is 1. The molecule has 1 aliphatic carbocycles. The number of pyridine rings is 1. The standard InChI is InChI=1S/C33H32ClFN2O3/c1-40-32(38)19-22-4-2-21(3-5-22)18-29(33(39)37-27-13-10-25(34)11-14-27)24-8-6-23(7-9-24)28-16-17-36-31-15-12-26(35)20-30(28)31/h2-5,10-17,20,23-24,29H,6-9,18-19H2,1H3,(H,37,39). The summed E-state index contributed by atoms with van der Waals surface area (Å²) in [5.74, 6) is -0.291. The van der Waals surface area contributed by atoms with Gasteiger partial charge in [0, 0.05) is 28.2 Å². The van der Waals surface area contributed by atoms with Crippen molar-refractivity contribution in [2.45, 2.75) is 44.4 Å². The average molecular weight is 559 g/mol. The first-order valence-corrected chi connectivity index (χ1v) is 14.0. The van der Waals surface area contributed by atoms with Crippen LogP contribution in [0.3, 0.4) is 0 Å². The molecule has 0 radical (unpaired) electrons. The molecule has 1 fully saturated rings. The number of rotatable bonds is 8. The molecule has 5 nitrogen and oxygen atoms in total. The van der Waals surface area contributed by atoms with Crippen molar-refractivity contribution in [2.75, 3.05) is 12.4 Å². The first kappa shape index (κ1) is 27.8. The van der Waals surface area contributed by atoms with Gasteiger partial charge in [-0.25, -0.2) is 4.39 Å². The third kappa shape index (κ3) is 6.68. The Labute approximate surface area is 238 Å². The molecule has 1 heterocycles. The number of esters is 1. The molecule has 1 amide bonds. The summed E-state index contributed by atoms with van der Waals surface area (Å²) in [6.07, 6.45) is 6.23. The van der Waals surface area contributed by atoms with Crippen molar-refractivity contribution < 1.29 is 18.7 Å². The summed E-state index contributed by atoms with van der Waals surface area (Å²) in [6.45, 7) is 0. The van der Waals surface area contributed by atoms with E-state index in [2.05, 4.69) is 10.3 Å². The number of benzene rings is 3. The van der Waals surface area contributed by atoms with Crippen molar-refractivity contribution in [3.63, 3.8) is 0 Å². The van der Waals surface area contributed by atoms with Gasteiger partial charge >= 0.3 is 5.97 Å². The zero-order valence-electron chi connectivity index (χ0n) is 22.4. The number of hydrogen-bond donors (Lipinski definition) is 1. The number of nitrogens with one attached hydrogen (secondary N) is 1. The molecule has 4 aromatic rings. The van der Waals surface area contributed by atoms with Crippen LogP contribution in [0, 0.1) is 17.7 Å². The van der Waals surface area contributed by atoms with Gasteiger partial charge in [-0.1, -0.05) is 35.9 Å². The Kier molecular flexibility index (Phi) is 8.75. The fourth-order valence-corrected chi connectivity index (χ4v) is 5.98. The van der Waals surface area contributed by atoms with Crippen molar-refractivity contribution in [3.05, 3.63) is 107 Å². The van der Waals surface area contributed by atoms with Crippen LogP contribution in [-0.2, 0) is 27.2 Å². The molecule has 206 valence electrons. The van der Waals surface area contributed by atoms with E-state index in [1.807, 2.05) is 42.5 Å². The van der Waals surface area contributed by atoms with Gasteiger partial charge in [0.2, 0.25) is 5.91 Å². The second kappa shape index (κ2) is 12.6. The van der Waals surface area contributed by atoms with Crippen molar-refractivity contribution in [3.8, 4) is 0 Å². The molecule has 1 atom stereocenters. The Hall–Kier alpha value is -3.77. The molecule has 1 aromatic heterocycles. The number of ether oxygens (including phenoxy) is 1. The van der Waals surface area contributed by atoms with E-state index >= 15 is 0 Å². The molecule has 40 heavy (non-hydrogen) atoms. The van der Waals surface area contributed by atoms with Crippen molar-refractivity contribution >= 4 is 40.1 Å². The Morgan fingerprint density at radius 3 is 2.38 bits per heavy atom. The van der Waals surface area contributed by atoms with Crippen LogP contribution in [0.15, 0.2) is 79.0 Å². The first-order chi connectivity index (χ1) is 19.4. The number of nitrogens with zero attached hydrogens (tertiary/aromatic N) is 1. The number of hydrogen-bond acceptors (Lipinski definition) is 4. The molecular weight excluding hydrogens is 527 g/mol. The van der Waals surface area contributed by atoms with Gasteiger partial charge in [0.25, 0.3) is 0 Å². The second-order valence-electron chi connectivity index (χ2n) is 10.5. The third-order valence-electron chi connectivity index (χ3n) is 8.02. The van der Waals surface area contributed by atoms with Crippen LogP contribution in [0.2, 0.25) is 5.02 Å². The zero-order valence-corrected chi connectivity index (χ0v) is 23.2. The fraction of sp³-hybridized carbons (Fsp3) is 0.303. The molecule has 1 unspecified atom stereocenters. The van der Waals surface area contributed by atoms with Crippen LogP contribution in [0.25, 0.3) is 10.9 Å². The van der Waals surface area contributed by atoms with Gasteiger partial charge in [-0.05, 0) is 109 Å². The zero-order chi connectivity index (χ0) is 28.1. The average Bonchev–Trinajstić information content (AvgIpc) is 2.97. The maximum absolute atomic E-state index is 14.1. The number of fused-ring (bicyclic) bond motifs is 1. The van der Waals surface area contributed by atoms with Crippen molar-refractivity contribution in [1.82, 2.24) is 4.98 Å². The highest BCUT2D eigenvalue weighted by atomic mass is 35.5. The fourth-order valence-electron chi connectivity index (χ4n) is 5.86. The van der Waals surface area contributed by atoms with Crippen LogP contribution < -0.4 is 5.32 Å². The monoisotopic (exact) mass is 558 g/mol. The predicted molar refractivity (Wildman–Crippen MR) is 156 cm³/mol. The van der Waals surface area contributed by atoms with Crippen LogP contribution in [0.1, 0.15) is 48.3 Å². The van der Waals surface area contributed by atoms with E-state index in [0.29, 0.717) is 23.0 Å². The van der Waals surface area contributed by atoms with E-state index in [0.717, 1.165) is 53.3 Å². The van der Waals surface area contributed by atoms with Gasteiger partial charge in [-0.3, -0.25) is 14.6 Å². The normalized spacial score (nSPS) is 17.8. The van der Waals surface area contributed by atoms with E-state index < -0.39 is 0 Å². The molecule has 1 N–H and O–H groups in total. The van der Waals surface area contributed by atoms with Crippen LogP contribution in [-0.4, -0.2) is 24.0 Å². The largest absolute Gasteiger partial charge is 0.469 e. The van der Waals surface area contributed by atoms with Gasteiger partial charge in [-0.2, -0.15) is 0 Å². The lowest BCUT2D eigenvalue weighted by Gasteiger charge is -2.34. The Morgan fingerprint density at radius 1 is 0.975 bits per heavy atom. The highest BCUT2D eigenvalue weighted by molar-refractivity contribution is 6.30. The van der Waals surface area contributed by atoms with Crippen molar-refractivity contribution in [2.24, 2.45) is 11.8 Å². The van der Waals surface area contributed by atoms with Crippen LogP contribution in [0.5, 0.6) is 0 Å². The molecule has 7 heteroatoms. The summed E-state index contributed by atoms with van der Waals surface area (Å²) in [5, 5.41) is 4.58. The van der Waals surface area contributed by atoms with E-state index in [9.17, 15) is 14.0 Å². The van der Waals surface area contributed by atoms with E-state index in [4.69, 9.17) is 16.3 Å². The Morgan fingerprint density at radius 2 is 1.68 bits per heavy atom. The molecular formula is C33H32ClFN2O3. The Balaban J connectivity index is 1.33. The molecule has 0 saturated heterocycles. The van der Waals surface area contributed by atoms with Gasteiger partial charge in [0.1, 0.15) is 5.82 Å². The minimum Gasteiger partial charge on any atom is -0.469 e. The van der Waals surface area contributed by atoms with E-state index in [1.165, 1.54) is 13.2 Å². The van der Waals surface area contributed by atoms with Gasteiger partial charge in [0.05, 0.1) is 19.0 Å². The summed E-state index contributed by atoms with van der Waals surface area (Å²) in [4.78, 5) is 29.7. The highest BCUT2D eigenvalue weighted by Gasteiger charge is 2.33. The molecule has 0 spiro atoms. The number of carbonyl (C=O) groups excluding carboxylic acids is 2. The molecule has 5 rings (SSSR count). The topological polar surface area (TPSA) is 68.3 Å². The van der Waals surface area contributed by atoms with Gasteiger partial charge in [0.15, 0.2) is 0 Å². The van der Waals surface area contributed by atoms with Crippen molar-refractivity contribution in [1.29, 1.82) is 0 Å². The SMILES string of the molecule is COC(=O)Cc1ccc(CC(C(=O)Nc2ccc(Cl)cc2)C2CCC(c3ccnc4ccc(F)cc34)CC2)cc1. The maximum Gasteiger partial charge on any atom is 0.309 e. The number of amides is 1. The lowest BCUT2D eigenvalue weighted by molar-refractivity contribution is -0.139. The number of halogens is 2. The smallest absolute Gasteiger partial charge is 0.309 e. The third-order valence-corrected chi connectivity index (χ3v) is 8.27. The predicted octanol–water partition coefficient (Wildman–Crippen LogP) is 7.51. The summed E-state index contributed by atoms with van der Waals surface area (Å²) < 4.78 is 18.8. The van der Waals surface area contributed by atoms with Crippen LogP contribution in [0.4, 0.5) is 10.1 Å². The lowest BCUT2D eigenvalue weighted by Crippen LogP contribution is -2.33. The summed E-state index contributed by atoms with van der Waals surface area (Å²) >= 11 is 6.04. The molecule has 1 saturated carbocycles. The molecule has 0 bridgehead atoms. The number of anilines is 1. The first-order valence-electron chi connectivity index (χ1n) is 13.6. The number of aromatic nitrogens is 1. The van der Waals surface area contributed by atoms with Gasteiger partial charge < -0.3 is 10.1 Å². The highest BCUT2D eigenvalue weighted by Crippen LogP contribution is 2.42. The quantitative estimate of drug-likeness (QED) is 0.227. The maximum atomic E-state index is 14.1.